The molecule has 1 aliphatic heterocycles. The van der Waals surface area contributed by atoms with E-state index in [1.54, 1.807) is 6.92 Å². The van der Waals surface area contributed by atoms with Crippen LogP contribution in [0.5, 0.6) is 0 Å². The maximum absolute atomic E-state index is 9.79. The van der Waals surface area contributed by atoms with Crippen LogP contribution in [0.2, 0.25) is 0 Å². The molecule has 5 nitrogen and oxygen atoms in total. The predicted octanol–water partition coefficient (Wildman–Crippen LogP) is -0.123. The number of rotatable bonds is 2. The summed E-state index contributed by atoms with van der Waals surface area (Å²) in [6.07, 6.45) is -3.42. The lowest BCUT2D eigenvalue weighted by Crippen LogP contribution is -2.56. The van der Waals surface area contributed by atoms with Gasteiger partial charge < -0.3 is 24.8 Å². The second-order valence-corrected chi connectivity index (χ2v) is 5.30. The predicted molar refractivity (Wildman–Crippen MR) is 57.8 cm³/mol. The minimum absolute atomic E-state index is 0.336. The van der Waals surface area contributed by atoms with Crippen LogP contribution in [0, 0.1) is 5.92 Å². The van der Waals surface area contributed by atoms with E-state index in [2.05, 4.69) is 0 Å². The van der Waals surface area contributed by atoms with Gasteiger partial charge in [0.1, 0.15) is 12.2 Å². The molecule has 0 aromatic carbocycles. The van der Waals surface area contributed by atoms with Crippen molar-refractivity contribution in [3.05, 3.63) is 0 Å². The van der Waals surface area contributed by atoms with E-state index in [0.29, 0.717) is 0 Å². The first-order valence-electron chi connectivity index (χ1n) is 5.56. The third-order valence-electron chi connectivity index (χ3n) is 2.66. The fourth-order valence-corrected chi connectivity index (χ4v) is 1.70. The van der Waals surface area contributed by atoms with Crippen LogP contribution in [-0.4, -0.2) is 52.1 Å². The smallest absolute Gasteiger partial charge is 0.163 e. The molecular weight excluding hydrogens is 212 g/mol. The molecule has 3 N–H and O–H groups in total. The van der Waals surface area contributed by atoms with E-state index in [1.165, 1.54) is 0 Å². The highest BCUT2D eigenvalue weighted by atomic mass is 16.7. The molecule has 0 spiro atoms. The second kappa shape index (κ2) is 4.98. The van der Waals surface area contributed by atoms with Gasteiger partial charge in [0.15, 0.2) is 6.29 Å². The van der Waals surface area contributed by atoms with Gasteiger partial charge in [0, 0.05) is 5.92 Å². The Morgan fingerprint density at radius 2 is 1.75 bits per heavy atom. The Hall–Kier alpha value is -0.200. The molecule has 1 saturated heterocycles. The molecule has 1 rings (SSSR count). The maximum atomic E-state index is 9.79. The number of hydrogen-bond acceptors (Lipinski definition) is 5. The third-order valence-corrected chi connectivity index (χ3v) is 2.66. The van der Waals surface area contributed by atoms with Crippen LogP contribution >= 0.6 is 0 Å². The van der Waals surface area contributed by atoms with Crippen molar-refractivity contribution in [1.29, 1.82) is 0 Å². The van der Waals surface area contributed by atoms with Crippen LogP contribution in [0.3, 0.4) is 0 Å². The van der Waals surface area contributed by atoms with Gasteiger partial charge in [0.05, 0.1) is 18.3 Å². The van der Waals surface area contributed by atoms with Crippen molar-refractivity contribution in [3.8, 4) is 0 Å². The van der Waals surface area contributed by atoms with E-state index in [1.807, 2.05) is 20.8 Å². The van der Waals surface area contributed by atoms with Crippen LogP contribution in [0.25, 0.3) is 0 Å². The zero-order valence-electron chi connectivity index (χ0n) is 10.3. The SMILES string of the molecule is CC1[C@@H](OC(C)(C)C)OC(CO)[C@@H](O)[C@@H]1O. The number of ether oxygens (including phenoxy) is 2. The largest absolute Gasteiger partial charge is 0.394 e. The zero-order valence-corrected chi connectivity index (χ0v) is 10.3. The van der Waals surface area contributed by atoms with E-state index < -0.39 is 30.2 Å². The molecule has 1 fully saturated rings. The summed E-state index contributed by atoms with van der Waals surface area (Å²) in [6, 6.07) is 0. The van der Waals surface area contributed by atoms with Gasteiger partial charge in [-0.2, -0.15) is 0 Å². The molecule has 5 atom stereocenters. The number of aliphatic hydroxyl groups excluding tert-OH is 3. The van der Waals surface area contributed by atoms with E-state index in [4.69, 9.17) is 14.6 Å². The Morgan fingerprint density at radius 3 is 2.19 bits per heavy atom. The van der Waals surface area contributed by atoms with Gasteiger partial charge in [-0.1, -0.05) is 6.92 Å². The summed E-state index contributed by atoms with van der Waals surface area (Å²) < 4.78 is 11.1. The van der Waals surface area contributed by atoms with Crippen LogP contribution in [0.4, 0.5) is 0 Å². The number of aliphatic hydroxyl groups is 3. The molecule has 0 aromatic rings. The molecule has 0 amide bonds. The molecular formula is C11H22O5. The summed E-state index contributed by atoms with van der Waals surface area (Å²) >= 11 is 0. The van der Waals surface area contributed by atoms with Gasteiger partial charge in [-0.25, -0.2) is 0 Å². The van der Waals surface area contributed by atoms with E-state index >= 15 is 0 Å². The highest BCUT2D eigenvalue weighted by Crippen LogP contribution is 2.29. The van der Waals surface area contributed by atoms with Crippen molar-refractivity contribution in [3.63, 3.8) is 0 Å². The van der Waals surface area contributed by atoms with Gasteiger partial charge in [-0.05, 0) is 20.8 Å². The van der Waals surface area contributed by atoms with E-state index in [9.17, 15) is 10.2 Å². The lowest BCUT2D eigenvalue weighted by Gasteiger charge is -2.42. The Balaban J connectivity index is 2.71. The first-order valence-corrected chi connectivity index (χ1v) is 5.56. The molecule has 1 heterocycles. The Kier molecular flexibility index (Phi) is 4.31. The minimum Gasteiger partial charge on any atom is -0.394 e. The topological polar surface area (TPSA) is 79.2 Å². The first-order chi connectivity index (χ1) is 7.26. The van der Waals surface area contributed by atoms with Crippen LogP contribution < -0.4 is 0 Å². The zero-order chi connectivity index (χ0) is 12.5. The summed E-state index contributed by atoms with van der Waals surface area (Å²) in [4.78, 5) is 0. The average molecular weight is 234 g/mol. The normalized spacial score (nSPS) is 41.1. The molecule has 0 aliphatic carbocycles. The molecule has 0 radical (unpaired) electrons. The minimum atomic E-state index is -1.07. The van der Waals surface area contributed by atoms with E-state index in [0.717, 1.165) is 0 Å². The summed E-state index contributed by atoms with van der Waals surface area (Å²) in [7, 11) is 0. The Labute approximate surface area is 96.0 Å². The molecule has 0 saturated carbocycles. The molecule has 0 aromatic heterocycles. The van der Waals surface area contributed by atoms with Crippen molar-refractivity contribution in [1.82, 2.24) is 0 Å². The Morgan fingerprint density at radius 1 is 1.19 bits per heavy atom. The van der Waals surface area contributed by atoms with Gasteiger partial charge in [-0.3, -0.25) is 0 Å². The summed E-state index contributed by atoms with van der Waals surface area (Å²) in [6.45, 7) is 7.06. The Bertz CT molecular complexity index is 223. The average Bonchev–Trinajstić information content (AvgIpc) is 2.17. The number of hydrogen-bond donors (Lipinski definition) is 3. The van der Waals surface area contributed by atoms with Crippen LogP contribution in [0.15, 0.2) is 0 Å². The molecule has 0 bridgehead atoms. The van der Waals surface area contributed by atoms with Gasteiger partial charge in [0.2, 0.25) is 0 Å². The first kappa shape index (κ1) is 13.9. The van der Waals surface area contributed by atoms with Gasteiger partial charge in [0.25, 0.3) is 0 Å². The lowest BCUT2D eigenvalue weighted by molar-refractivity contribution is -0.304. The standard InChI is InChI=1S/C11H22O5/c1-6-8(13)9(14)7(5-12)15-10(6)16-11(2,3)4/h6-10,12-14H,5H2,1-4H3/t6?,7?,8-,9-,10-/m1/s1. The molecule has 1 aliphatic rings. The summed E-state index contributed by atoms with van der Waals surface area (Å²) in [5, 5.41) is 28.5. The van der Waals surface area contributed by atoms with Crippen molar-refractivity contribution < 1.29 is 24.8 Å². The highest BCUT2D eigenvalue weighted by Gasteiger charge is 2.43. The van der Waals surface area contributed by atoms with Crippen molar-refractivity contribution in [2.75, 3.05) is 6.61 Å². The van der Waals surface area contributed by atoms with Gasteiger partial charge in [-0.15, -0.1) is 0 Å². The highest BCUT2D eigenvalue weighted by molar-refractivity contribution is 4.87. The molecule has 5 heteroatoms. The second-order valence-electron chi connectivity index (χ2n) is 5.30. The van der Waals surface area contributed by atoms with Crippen molar-refractivity contribution in [2.45, 2.75) is 57.9 Å². The monoisotopic (exact) mass is 234 g/mol. The third kappa shape index (κ3) is 3.15. The van der Waals surface area contributed by atoms with E-state index in [-0.39, 0.29) is 12.5 Å². The van der Waals surface area contributed by atoms with Crippen LogP contribution in [0.1, 0.15) is 27.7 Å². The molecule has 2 unspecified atom stereocenters. The molecule has 96 valence electrons. The van der Waals surface area contributed by atoms with Crippen LogP contribution in [-0.2, 0) is 9.47 Å². The fraction of sp³-hybridized carbons (Fsp3) is 1.00. The summed E-state index contributed by atoms with van der Waals surface area (Å²) in [5.41, 5.74) is -0.402. The van der Waals surface area contributed by atoms with Gasteiger partial charge >= 0.3 is 0 Å². The maximum Gasteiger partial charge on any atom is 0.163 e. The molecule has 16 heavy (non-hydrogen) atoms. The van der Waals surface area contributed by atoms with Crippen molar-refractivity contribution in [2.24, 2.45) is 5.92 Å². The quantitative estimate of drug-likeness (QED) is 0.620. The summed E-state index contributed by atoms with van der Waals surface area (Å²) in [5.74, 6) is -0.336. The lowest BCUT2D eigenvalue weighted by atomic mass is 9.92. The fourth-order valence-electron chi connectivity index (χ4n) is 1.70. The van der Waals surface area contributed by atoms with Crippen molar-refractivity contribution >= 4 is 0 Å².